The molecular weight excluding hydrogens is 688 g/mol. The van der Waals surface area contributed by atoms with Crippen LogP contribution in [0.3, 0.4) is 0 Å². The number of benzene rings is 1. The zero-order valence-electron chi connectivity index (χ0n) is 32.5. The fourth-order valence-electron chi connectivity index (χ4n) is 5.79. The Bertz CT molecular complexity index is 1780. The van der Waals surface area contributed by atoms with Gasteiger partial charge in [-0.05, 0) is 46.1 Å². The van der Waals surface area contributed by atoms with Crippen LogP contribution in [0.1, 0.15) is 124 Å². The molecule has 1 aromatic carbocycles. The van der Waals surface area contributed by atoms with Crippen LogP contribution in [0.5, 0.6) is 17.2 Å². The first-order valence-corrected chi connectivity index (χ1v) is 17.4. The summed E-state index contributed by atoms with van der Waals surface area (Å²) in [7, 11) is 1.29. The van der Waals surface area contributed by atoms with E-state index in [0.29, 0.717) is 6.42 Å². The third kappa shape index (κ3) is 11.3. The molecular formula is C40H50O13. The van der Waals surface area contributed by atoms with Crippen molar-refractivity contribution >= 4 is 41.4 Å². The maximum Gasteiger partial charge on any atom is 0.308 e. The number of ether oxygens (including phenoxy) is 6. The normalized spacial score (nSPS) is 15.8. The highest BCUT2D eigenvalue weighted by Crippen LogP contribution is 2.51. The van der Waals surface area contributed by atoms with Gasteiger partial charge in [-0.2, -0.15) is 0 Å². The van der Waals surface area contributed by atoms with Gasteiger partial charge in [-0.1, -0.05) is 38.3 Å². The minimum Gasteiger partial charge on any atom is -0.496 e. The number of ketones is 2. The second kappa shape index (κ2) is 19.5. The van der Waals surface area contributed by atoms with Gasteiger partial charge in [0.1, 0.15) is 39.9 Å². The first kappa shape index (κ1) is 43.8. The largest absolute Gasteiger partial charge is 0.496 e. The summed E-state index contributed by atoms with van der Waals surface area (Å²) >= 11 is 0. The molecule has 0 aliphatic heterocycles. The topological polar surface area (TPSA) is 175 Å². The molecule has 13 heteroatoms. The Balaban J connectivity index is 3.31. The van der Waals surface area contributed by atoms with E-state index in [2.05, 4.69) is 0 Å². The van der Waals surface area contributed by atoms with Crippen molar-refractivity contribution in [1.29, 1.82) is 0 Å². The lowest BCUT2D eigenvalue weighted by Gasteiger charge is -2.38. The van der Waals surface area contributed by atoms with Gasteiger partial charge >= 0.3 is 29.8 Å². The molecule has 0 saturated carbocycles. The highest BCUT2D eigenvalue weighted by Gasteiger charge is 2.50. The Morgan fingerprint density at radius 2 is 1.32 bits per heavy atom. The molecule has 1 aliphatic carbocycles. The van der Waals surface area contributed by atoms with Crippen LogP contribution in [0.15, 0.2) is 52.2 Å². The van der Waals surface area contributed by atoms with Gasteiger partial charge in [-0.3, -0.25) is 33.6 Å². The quantitative estimate of drug-likeness (QED) is 0.0297. The number of hydrogen-bond acceptors (Lipinski definition) is 13. The fourth-order valence-corrected chi connectivity index (χ4v) is 5.79. The lowest BCUT2D eigenvalue weighted by molar-refractivity contribution is -0.141. The Hall–Kier alpha value is -5.33. The van der Waals surface area contributed by atoms with E-state index >= 15 is 0 Å². The van der Waals surface area contributed by atoms with Crippen LogP contribution in [0.2, 0.25) is 0 Å². The zero-order chi connectivity index (χ0) is 40.2. The first-order chi connectivity index (χ1) is 24.8. The summed E-state index contributed by atoms with van der Waals surface area (Å²) in [6, 6.07) is 1.28. The molecule has 53 heavy (non-hydrogen) atoms. The van der Waals surface area contributed by atoms with E-state index in [4.69, 9.17) is 28.4 Å². The van der Waals surface area contributed by atoms with Crippen LogP contribution in [0.4, 0.5) is 0 Å². The van der Waals surface area contributed by atoms with Crippen molar-refractivity contribution in [2.24, 2.45) is 5.41 Å². The molecule has 0 amide bonds. The van der Waals surface area contributed by atoms with Crippen LogP contribution in [-0.2, 0) is 49.4 Å². The predicted octanol–water partition coefficient (Wildman–Crippen LogP) is 7.29. The van der Waals surface area contributed by atoms with Crippen molar-refractivity contribution in [3.05, 3.63) is 63.3 Å². The van der Waals surface area contributed by atoms with Crippen molar-refractivity contribution in [3.8, 4) is 17.2 Å². The summed E-state index contributed by atoms with van der Waals surface area (Å²) in [5.74, 6) is -6.67. The molecule has 1 unspecified atom stereocenters. The maximum absolute atomic E-state index is 15.0. The third-order valence-electron chi connectivity index (χ3n) is 7.97. The number of Topliss-reactive ketones (excluding diaryl/α,β-unsaturated/α-hetero) is 2. The summed E-state index contributed by atoms with van der Waals surface area (Å²) in [5.41, 5.74) is -1.53. The number of methoxy groups -OCH3 is 1. The number of carbonyl (C=O) groups is 7. The van der Waals surface area contributed by atoms with Crippen molar-refractivity contribution in [2.75, 3.05) is 7.11 Å². The molecule has 0 radical (unpaired) electrons. The first-order valence-electron chi connectivity index (χ1n) is 17.4. The second-order valence-electron chi connectivity index (χ2n) is 12.9. The molecule has 0 fully saturated rings. The van der Waals surface area contributed by atoms with Crippen molar-refractivity contribution < 1.29 is 62.0 Å². The molecule has 1 aromatic rings. The number of hydrogen-bond donors (Lipinski definition) is 0. The average molecular weight is 739 g/mol. The number of unbranched alkanes of at least 4 members (excludes halogenated alkanes) is 2. The minimum absolute atomic E-state index is 0.0116. The number of allylic oxidation sites excluding steroid dienone is 5. The molecule has 0 aromatic heterocycles. The van der Waals surface area contributed by atoms with Crippen LogP contribution in [-0.4, -0.2) is 48.5 Å². The van der Waals surface area contributed by atoms with E-state index in [-0.39, 0.29) is 76.1 Å². The molecule has 288 valence electrons. The van der Waals surface area contributed by atoms with Crippen LogP contribution < -0.4 is 14.2 Å². The summed E-state index contributed by atoms with van der Waals surface area (Å²) in [6.45, 7) is 14.6. The summed E-state index contributed by atoms with van der Waals surface area (Å²) in [5, 5.41) is 0. The van der Waals surface area contributed by atoms with Gasteiger partial charge in [0.15, 0.2) is 17.3 Å². The Labute approximate surface area is 310 Å². The van der Waals surface area contributed by atoms with Crippen molar-refractivity contribution in [2.45, 2.75) is 114 Å². The minimum atomic E-state index is -1.59. The fraction of sp³-hybridized carbons (Fsp3) is 0.475. The van der Waals surface area contributed by atoms with E-state index in [1.807, 2.05) is 20.8 Å². The van der Waals surface area contributed by atoms with Crippen molar-refractivity contribution in [3.63, 3.8) is 0 Å². The molecule has 0 heterocycles. The summed E-state index contributed by atoms with van der Waals surface area (Å²) in [6.07, 6.45) is 5.10. The van der Waals surface area contributed by atoms with E-state index < -0.39 is 53.2 Å². The van der Waals surface area contributed by atoms with E-state index in [0.717, 1.165) is 53.0 Å². The average Bonchev–Trinajstić information content (AvgIpc) is 3.04. The Kier molecular flexibility index (Phi) is 16.1. The van der Waals surface area contributed by atoms with Gasteiger partial charge < -0.3 is 28.4 Å². The monoisotopic (exact) mass is 738 g/mol. The Morgan fingerprint density at radius 3 is 1.81 bits per heavy atom. The zero-order valence-corrected chi connectivity index (χ0v) is 32.5. The third-order valence-corrected chi connectivity index (χ3v) is 7.97. The lowest BCUT2D eigenvalue weighted by atomic mass is 9.71. The molecule has 13 nitrogen and oxygen atoms in total. The number of carbonyl (C=O) groups excluding carboxylic acids is 7. The van der Waals surface area contributed by atoms with Gasteiger partial charge in [-0.25, -0.2) is 0 Å². The van der Waals surface area contributed by atoms with Gasteiger partial charge in [-0.15, -0.1) is 0 Å². The SMILES string of the molecule is CC/C=C(\OC(C)=O)C1=C(OC(C)=O)C(C)(CC=C(C)C)C(OC(C)=O)=C(Cc2c(OC(C)=O)cc(OC)c(C(=O)CCCCC)c2OC(C)=O)C1=O. The summed E-state index contributed by atoms with van der Waals surface area (Å²) in [4.78, 5) is 91.8. The molecule has 0 bridgehead atoms. The highest BCUT2D eigenvalue weighted by molar-refractivity contribution is 6.14. The van der Waals surface area contributed by atoms with Gasteiger partial charge in [0.2, 0.25) is 0 Å². The maximum atomic E-state index is 15.0. The lowest BCUT2D eigenvalue weighted by Crippen LogP contribution is -2.37. The molecule has 1 atom stereocenters. The molecule has 0 spiro atoms. The highest BCUT2D eigenvalue weighted by atomic mass is 16.6. The van der Waals surface area contributed by atoms with Gasteiger partial charge in [0.25, 0.3) is 0 Å². The molecule has 0 saturated heterocycles. The van der Waals surface area contributed by atoms with E-state index in [1.54, 1.807) is 19.9 Å². The number of esters is 5. The van der Waals surface area contributed by atoms with Crippen molar-refractivity contribution in [1.82, 2.24) is 0 Å². The van der Waals surface area contributed by atoms with Crippen LogP contribution in [0.25, 0.3) is 0 Å². The molecule has 2 rings (SSSR count). The second-order valence-corrected chi connectivity index (χ2v) is 12.9. The van der Waals surface area contributed by atoms with E-state index in [9.17, 15) is 33.6 Å². The molecule has 1 aliphatic rings. The van der Waals surface area contributed by atoms with Crippen LogP contribution >= 0.6 is 0 Å². The number of rotatable bonds is 17. The smallest absolute Gasteiger partial charge is 0.308 e. The Morgan fingerprint density at radius 1 is 0.736 bits per heavy atom. The van der Waals surface area contributed by atoms with Crippen LogP contribution in [0, 0.1) is 5.41 Å². The predicted molar refractivity (Wildman–Crippen MR) is 193 cm³/mol. The van der Waals surface area contributed by atoms with Gasteiger partial charge in [0, 0.05) is 64.7 Å². The standard InChI is InChI=1S/C40H50O13/c1-12-14-15-17-30(46)34-33(48-11)21-32(50-24(6)42)28(37(34)51-25(7)43)20-29-36(47)35(31(16-13-2)49-23(5)41)39(53-27(9)45)40(10,19-18-22(3)4)38(29)52-26(8)44/h16,18,21H,12-15,17,19-20H2,1-11H3/b31-16-. The van der Waals surface area contributed by atoms with Gasteiger partial charge in [0.05, 0.1) is 12.5 Å². The summed E-state index contributed by atoms with van der Waals surface area (Å²) < 4.78 is 33.9. The van der Waals surface area contributed by atoms with E-state index in [1.165, 1.54) is 19.3 Å². The molecule has 0 N–H and O–H groups in total.